The molecule has 6 heteroatoms. The quantitative estimate of drug-likeness (QED) is 0.612. The summed E-state index contributed by atoms with van der Waals surface area (Å²) in [7, 11) is 1.65. The molecule has 0 atom stereocenters. The van der Waals surface area contributed by atoms with Crippen LogP contribution in [0.2, 0.25) is 0 Å². The van der Waals surface area contributed by atoms with Crippen molar-refractivity contribution in [2.45, 2.75) is 0 Å². The molecule has 0 saturated heterocycles. The van der Waals surface area contributed by atoms with Crippen molar-refractivity contribution in [2.24, 2.45) is 5.16 Å². The smallest absolute Gasteiger partial charge is 0.312 e. The predicted octanol–water partition coefficient (Wildman–Crippen LogP) is 2.99. The van der Waals surface area contributed by atoms with Gasteiger partial charge in [0.05, 0.1) is 11.3 Å². The van der Waals surface area contributed by atoms with Gasteiger partial charge in [-0.25, -0.2) is 4.79 Å². The number of benzene rings is 2. The molecule has 5 nitrogen and oxygen atoms in total. The Kier molecular flexibility index (Phi) is 3.77. The molecular formula is C16H11BrN2O3. The number of halogens is 1. The minimum absolute atomic E-state index is 0.128. The van der Waals surface area contributed by atoms with Crippen LogP contribution in [0.25, 0.3) is 0 Å². The Morgan fingerprint density at radius 3 is 2.55 bits per heavy atom. The van der Waals surface area contributed by atoms with Crippen molar-refractivity contribution < 1.29 is 14.4 Å². The van der Waals surface area contributed by atoms with Crippen LogP contribution in [0.3, 0.4) is 0 Å². The van der Waals surface area contributed by atoms with Gasteiger partial charge in [-0.2, -0.15) is 0 Å². The van der Waals surface area contributed by atoms with E-state index >= 15 is 0 Å². The highest BCUT2D eigenvalue weighted by Crippen LogP contribution is 2.27. The normalized spacial score (nSPS) is 15.1. The molecule has 0 spiro atoms. The van der Waals surface area contributed by atoms with Crippen molar-refractivity contribution in [3.8, 4) is 0 Å². The maximum atomic E-state index is 12.2. The first kappa shape index (κ1) is 14.5. The van der Waals surface area contributed by atoms with Gasteiger partial charge in [0.15, 0.2) is 5.71 Å². The molecule has 1 aliphatic rings. The number of hydrogen-bond acceptors (Lipinski definition) is 4. The van der Waals surface area contributed by atoms with Crippen LogP contribution in [0.15, 0.2) is 58.2 Å². The second-order valence-corrected chi connectivity index (χ2v) is 5.62. The van der Waals surface area contributed by atoms with Gasteiger partial charge in [-0.05, 0) is 30.3 Å². The highest BCUT2D eigenvalue weighted by Gasteiger charge is 2.32. The zero-order chi connectivity index (χ0) is 15.7. The van der Waals surface area contributed by atoms with E-state index in [1.807, 2.05) is 12.1 Å². The van der Waals surface area contributed by atoms with Crippen LogP contribution in [-0.4, -0.2) is 24.6 Å². The molecule has 1 amide bonds. The Balaban J connectivity index is 1.85. The number of carbonyl (C=O) groups excluding carboxylic acids is 2. The summed E-state index contributed by atoms with van der Waals surface area (Å²) >= 11 is 3.29. The fraction of sp³-hybridized carbons (Fsp3) is 0.0625. The molecule has 0 fully saturated rings. The van der Waals surface area contributed by atoms with Crippen LogP contribution in [0.4, 0.5) is 5.69 Å². The van der Waals surface area contributed by atoms with E-state index < -0.39 is 5.97 Å². The zero-order valence-corrected chi connectivity index (χ0v) is 13.2. The molecule has 0 N–H and O–H groups in total. The summed E-state index contributed by atoms with van der Waals surface area (Å²) in [5.41, 5.74) is 1.88. The van der Waals surface area contributed by atoms with Crippen molar-refractivity contribution >= 4 is 39.2 Å². The van der Waals surface area contributed by atoms with E-state index in [1.54, 1.807) is 43.4 Å². The lowest BCUT2D eigenvalue weighted by molar-refractivity contribution is -0.112. The van der Waals surface area contributed by atoms with E-state index in [0.29, 0.717) is 11.1 Å². The summed E-state index contributed by atoms with van der Waals surface area (Å²) < 4.78 is 0.858. The average Bonchev–Trinajstić information content (AvgIpc) is 2.78. The third kappa shape index (κ3) is 2.53. The van der Waals surface area contributed by atoms with E-state index in [0.717, 1.165) is 10.2 Å². The van der Waals surface area contributed by atoms with Crippen molar-refractivity contribution in [1.82, 2.24) is 0 Å². The second kappa shape index (κ2) is 5.73. The van der Waals surface area contributed by atoms with Gasteiger partial charge in [0, 0.05) is 17.1 Å². The molecule has 3 rings (SSSR count). The first-order valence-electron chi connectivity index (χ1n) is 6.50. The van der Waals surface area contributed by atoms with Crippen LogP contribution in [-0.2, 0) is 9.63 Å². The number of para-hydroxylation sites is 1. The second-order valence-electron chi connectivity index (χ2n) is 4.71. The third-order valence-corrected chi connectivity index (χ3v) is 3.86. The van der Waals surface area contributed by atoms with Gasteiger partial charge in [0.1, 0.15) is 0 Å². The average molecular weight is 359 g/mol. The van der Waals surface area contributed by atoms with Crippen molar-refractivity contribution in [1.29, 1.82) is 0 Å². The molecule has 110 valence electrons. The first-order valence-corrected chi connectivity index (χ1v) is 7.29. The number of rotatable bonds is 2. The molecular weight excluding hydrogens is 348 g/mol. The number of hydrogen-bond donors (Lipinski definition) is 0. The molecule has 0 bridgehead atoms. The number of nitrogens with zero attached hydrogens (tertiary/aromatic N) is 2. The molecule has 0 unspecified atom stereocenters. The lowest BCUT2D eigenvalue weighted by atomic mass is 10.1. The van der Waals surface area contributed by atoms with E-state index in [1.165, 1.54) is 4.90 Å². The Bertz CT molecular complexity index is 784. The molecule has 1 heterocycles. The van der Waals surface area contributed by atoms with Gasteiger partial charge < -0.3 is 9.74 Å². The van der Waals surface area contributed by atoms with Crippen molar-refractivity contribution in [2.75, 3.05) is 11.9 Å². The van der Waals surface area contributed by atoms with Gasteiger partial charge in [-0.3, -0.25) is 4.79 Å². The summed E-state index contributed by atoms with van der Waals surface area (Å²) in [4.78, 5) is 30.5. The minimum atomic E-state index is -0.611. The summed E-state index contributed by atoms with van der Waals surface area (Å²) in [5, 5.41) is 3.76. The monoisotopic (exact) mass is 358 g/mol. The predicted molar refractivity (Wildman–Crippen MR) is 85.9 cm³/mol. The van der Waals surface area contributed by atoms with Crippen LogP contribution < -0.4 is 4.90 Å². The molecule has 2 aromatic carbocycles. The standard InChI is InChI=1S/C16H11BrN2O3/c1-19-13-5-3-2-4-12(13)14(15(19)20)18-22-16(21)10-6-8-11(17)9-7-10/h2-9H,1H3. The molecule has 0 aromatic heterocycles. The van der Waals surface area contributed by atoms with Gasteiger partial charge in [0.25, 0.3) is 5.91 Å². The van der Waals surface area contributed by atoms with E-state index in [4.69, 9.17) is 4.84 Å². The molecule has 0 radical (unpaired) electrons. The van der Waals surface area contributed by atoms with Crippen LogP contribution in [0.1, 0.15) is 15.9 Å². The van der Waals surface area contributed by atoms with E-state index in [9.17, 15) is 9.59 Å². The number of fused-ring (bicyclic) bond motifs is 1. The molecule has 0 saturated carbocycles. The van der Waals surface area contributed by atoms with Crippen molar-refractivity contribution in [3.05, 3.63) is 64.1 Å². The third-order valence-electron chi connectivity index (χ3n) is 3.33. The van der Waals surface area contributed by atoms with E-state index in [2.05, 4.69) is 21.1 Å². The number of oxime groups is 1. The maximum Gasteiger partial charge on any atom is 0.365 e. The van der Waals surface area contributed by atoms with Crippen LogP contribution in [0, 0.1) is 0 Å². The lowest BCUT2D eigenvalue weighted by Gasteiger charge is -2.07. The molecule has 2 aromatic rings. The van der Waals surface area contributed by atoms with Crippen molar-refractivity contribution in [3.63, 3.8) is 0 Å². The number of carbonyl (C=O) groups is 2. The molecule has 1 aliphatic heterocycles. The van der Waals surface area contributed by atoms with Crippen LogP contribution >= 0.6 is 15.9 Å². The highest BCUT2D eigenvalue weighted by molar-refractivity contribution is 9.10. The Morgan fingerprint density at radius 1 is 1.14 bits per heavy atom. The number of amides is 1. The molecule has 0 aliphatic carbocycles. The largest absolute Gasteiger partial charge is 0.365 e. The minimum Gasteiger partial charge on any atom is -0.312 e. The summed E-state index contributed by atoms with van der Waals surface area (Å²) in [6, 6.07) is 13.9. The fourth-order valence-corrected chi connectivity index (χ4v) is 2.43. The Labute approximate surface area is 135 Å². The van der Waals surface area contributed by atoms with Gasteiger partial charge in [-0.1, -0.05) is 39.3 Å². The van der Waals surface area contributed by atoms with Gasteiger partial charge in [-0.15, -0.1) is 0 Å². The zero-order valence-electron chi connectivity index (χ0n) is 11.6. The first-order chi connectivity index (χ1) is 10.6. The maximum absolute atomic E-state index is 12.2. The number of likely N-dealkylation sites (N-methyl/N-ethyl adjacent to an activating group) is 1. The van der Waals surface area contributed by atoms with Gasteiger partial charge >= 0.3 is 5.97 Å². The molecule has 22 heavy (non-hydrogen) atoms. The van der Waals surface area contributed by atoms with Crippen LogP contribution in [0.5, 0.6) is 0 Å². The SMILES string of the molecule is CN1C(=O)C(=NOC(=O)c2ccc(Br)cc2)c2ccccc21. The summed E-state index contributed by atoms with van der Waals surface area (Å²) in [6.45, 7) is 0. The van der Waals surface area contributed by atoms with E-state index in [-0.39, 0.29) is 11.6 Å². The topological polar surface area (TPSA) is 59.0 Å². The van der Waals surface area contributed by atoms with Gasteiger partial charge in [0.2, 0.25) is 0 Å². The Morgan fingerprint density at radius 2 is 1.82 bits per heavy atom. The summed E-state index contributed by atoms with van der Waals surface area (Å²) in [5.74, 6) is -0.912. The highest BCUT2D eigenvalue weighted by atomic mass is 79.9. The number of anilines is 1. The fourth-order valence-electron chi connectivity index (χ4n) is 2.16. The Hall–Kier alpha value is -2.47. The lowest BCUT2D eigenvalue weighted by Crippen LogP contribution is -2.25. The summed E-state index contributed by atoms with van der Waals surface area (Å²) in [6.07, 6.45) is 0.